The van der Waals surface area contributed by atoms with Crippen LogP contribution in [0.25, 0.3) is 16.6 Å². The minimum atomic E-state index is -4.43. The predicted molar refractivity (Wildman–Crippen MR) is 139 cm³/mol. The SMILES string of the molecule is Cc1nc(NCC(F)(F)F)nc(NC2CC(C(C)(O)c3nccn3C)CC2O)c1-c1nc2c(s1)C=CCC2. The molecule has 3 heterocycles. The lowest BCUT2D eigenvalue weighted by Crippen LogP contribution is -2.34. The standard InChI is InChI=1S/C25H30F3N7O2S/c1-13-19(21-33-15-6-4-5-7-18(15)38-21)20(34-23(31-13)30-12-25(26,27)28)32-16-10-14(11-17(16)36)24(2,37)22-29-8-9-35(22)3/h5,7-9,14,16-17,36-37H,4,6,10-12H2,1-3H3,(H2,30,31,32,34). The van der Waals surface area contributed by atoms with E-state index in [0.717, 1.165) is 23.4 Å². The highest BCUT2D eigenvalue weighted by atomic mass is 32.1. The van der Waals surface area contributed by atoms with Crippen LogP contribution in [0.3, 0.4) is 0 Å². The van der Waals surface area contributed by atoms with Gasteiger partial charge in [-0.05, 0) is 51.5 Å². The van der Waals surface area contributed by atoms with Gasteiger partial charge in [0.05, 0.1) is 34.0 Å². The predicted octanol–water partition coefficient (Wildman–Crippen LogP) is 4.03. The molecule has 38 heavy (non-hydrogen) atoms. The van der Waals surface area contributed by atoms with Crippen molar-refractivity contribution in [3.63, 3.8) is 0 Å². The molecule has 0 spiro atoms. The number of aliphatic hydroxyl groups excluding tert-OH is 1. The first-order valence-electron chi connectivity index (χ1n) is 12.4. The summed E-state index contributed by atoms with van der Waals surface area (Å²) in [5.74, 6) is 0.298. The molecular weight excluding hydrogens is 519 g/mol. The van der Waals surface area contributed by atoms with E-state index in [1.54, 1.807) is 37.9 Å². The topological polar surface area (TPSA) is 121 Å². The van der Waals surface area contributed by atoms with Gasteiger partial charge in [-0.25, -0.2) is 15.0 Å². The van der Waals surface area contributed by atoms with Crippen molar-refractivity contribution in [3.8, 4) is 10.6 Å². The van der Waals surface area contributed by atoms with E-state index in [-0.39, 0.29) is 11.9 Å². The Balaban J connectivity index is 1.47. The molecule has 0 saturated heterocycles. The van der Waals surface area contributed by atoms with Gasteiger partial charge in [-0.1, -0.05) is 6.08 Å². The zero-order valence-electron chi connectivity index (χ0n) is 21.2. The Labute approximate surface area is 221 Å². The van der Waals surface area contributed by atoms with Crippen LogP contribution >= 0.6 is 11.3 Å². The summed E-state index contributed by atoms with van der Waals surface area (Å²) in [6.07, 6.45) is 4.61. The summed E-state index contributed by atoms with van der Waals surface area (Å²) < 4.78 is 40.4. The minimum absolute atomic E-state index is 0.170. The lowest BCUT2D eigenvalue weighted by molar-refractivity contribution is -0.115. The van der Waals surface area contributed by atoms with Crippen molar-refractivity contribution in [2.24, 2.45) is 13.0 Å². The molecule has 4 unspecified atom stereocenters. The summed E-state index contributed by atoms with van der Waals surface area (Å²) in [5.41, 5.74) is 0.720. The van der Waals surface area contributed by atoms with Crippen LogP contribution in [0.1, 0.15) is 48.3 Å². The molecule has 1 fully saturated rings. The lowest BCUT2D eigenvalue weighted by Gasteiger charge is -2.29. The number of imidazole rings is 1. The van der Waals surface area contributed by atoms with Gasteiger partial charge in [-0.15, -0.1) is 11.3 Å². The molecule has 1 saturated carbocycles. The number of fused-ring (bicyclic) bond motifs is 1. The number of nitrogens with zero attached hydrogens (tertiary/aromatic N) is 5. The number of allylic oxidation sites excluding steroid dienone is 1. The van der Waals surface area contributed by atoms with Gasteiger partial charge in [-0.2, -0.15) is 18.2 Å². The van der Waals surface area contributed by atoms with E-state index < -0.39 is 30.5 Å². The quantitative estimate of drug-likeness (QED) is 0.349. The molecule has 4 N–H and O–H groups in total. The van der Waals surface area contributed by atoms with Crippen molar-refractivity contribution in [2.75, 3.05) is 17.2 Å². The fourth-order valence-electron chi connectivity index (χ4n) is 5.22. The summed E-state index contributed by atoms with van der Waals surface area (Å²) >= 11 is 1.47. The number of anilines is 2. The molecule has 5 rings (SSSR count). The average Bonchev–Trinajstić information content (AvgIpc) is 3.56. The number of nitrogens with one attached hydrogen (secondary N) is 2. The second-order valence-electron chi connectivity index (χ2n) is 10.1. The smallest absolute Gasteiger partial charge is 0.391 e. The third kappa shape index (κ3) is 5.27. The molecule has 3 aromatic rings. The van der Waals surface area contributed by atoms with Crippen LogP contribution in [0.15, 0.2) is 18.5 Å². The molecule has 2 aliphatic carbocycles. The van der Waals surface area contributed by atoms with Crippen molar-refractivity contribution in [1.29, 1.82) is 0 Å². The Bertz CT molecular complexity index is 1350. The second-order valence-corrected chi connectivity index (χ2v) is 11.1. The number of aryl methyl sites for hydroxylation is 3. The first-order chi connectivity index (χ1) is 17.9. The third-order valence-electron chi connectivity index (χ3n) is 7.22. The summed E-state index contributed by atoms with van der Waals surface area (Å²) in [7, 11) is 1.80. The van der Waals surface area contributed by atoms with Gasteiger partial charge in [0, 0.05) is 19.4 Å². The Kier molecular flexibility index (Phi) is 6.95. The number of aliphatic hydroxyl groups is 2. The number of alkyl halides is 3. The summed E-state index contributed by atoms with van der Waals surface area (Å²) in [4.78, 5) is 18.8. The minimum Gasteiger partial charge on any atom is -0.391 e. The molecule has 4 atom stereocenters. The van der Waals surface area contributed by atoms with Crippen molar-refractivity contribution >= 4 is 29.2 Å². The molecule has 0 bridgehead atoms. The highest BCUT2D eigenvalue weighted by Gasteiger charge is 2.45. The molecule has 0 aliphatic heterocycles. The Morgan fingerprint density at radius 3 is 2.68 bits per heavy atom. The van der Waals surface area contributed by atoms with Crippen LogP contribution in [0.4, 0.5) is 24.9 Å². The van der Waals surface area contributed by atoms with Crippen molar-refractivity contribution in [1.82, 2.24) is 24.5 Å². The maximum atomic E-state index is 12.9. The van der Waals surface area contributed by atoms with Crippen LogP contribution < -0.4 is 10.6 Å². The van der Waals surface area contributed by atoms with E-state index in [9.17, 15) is 23.4 Å². The molecular formula is C25H30F3N7O2S. The van der Waals surface area contributed by atoms with E-state index in [4.69, 9.17) is 4.98 Å². The van der Waals surface area contributed by atoms with Gasteiger partial charge in [0.25, 0.3) is 0 Å². The van der Waals surface area contributed by atoms with Crippen LogP contribution in [0.2, 0.25) is 0 Å². The number of thiazole rings is 1. The maximum Gasteiger partial charge on any atom is 0.405 e. The number of halogens is 3. The van der Waals surface area contributed by atoms with Crippen LogP contribution in [-0.2, 0) is 19.1 Å². The Morgan fingerprint density at radius 2 is 2.00 bits per heavy atom. The normalized spacial score (nSPS) is 22.8. The largest absolute Gasteiger partial charge is 0.405 e. The van der Waals surface area contributed by atoms with Gasteiger partial charge in [-0.3, -0.25) is 0 Å². The first-order valence-corrected chi connectivity index (χ1v) is 13.2. The number of hydrogen-bond acceptors (Lipinski definition) is 9. The second kappa shape index (κ2) is 9.93. The summed E-state index contributed by atoms with van der Waals surface area (Å²) in [5, 5.41) is 28.5. The Hall–Kier alpha value is -3.03. The molecule has 13 heteroatoms. The van der Waals surface area contributed by atoms with Crippen LogP contribution in [-0.4, -0.2) is 59.6 Å². The molecule has 9 nitrogen and oxygen atoms in total. The maximum absolute atomic E-state index is 12.9. The number of rotatable bonds is 7. The average molecular weight is 550 g/mol. The number of hydrogen-bond donors (Lipinski definition) is 4. The van der Waals surface area contributed by atoms with Crippen LogP contribution in [0, 0.1) is 12.8 Å². The summed E-state index contributed by atoms with van der Waals surface area (Å²) in [6, 6.07) is -0.509. The van der Waals surface area contributed by atoms with Gasteiger partial charge >= 0.3 is 6.18 Å². The molecule has 0 amide bonds. The Morgan fingerprint density at radius 1 is 1.21 bits per heavy atom. The summed E-state index contributed by atoms with van der Waals surface area (Å²) in [6.45, 7) is 2.11. The zero-order valence-corrected chi connectivity index (χ0v) is 22.1. The van der Waals surface area contributed by atoms with Crippen LogP contribution in [0.5, 0.6) is 0 Å². The molecule has 0 aromatic carbocycles. The van der Waals surface area contributed by atoms with Gasteiger partial charge in [0.1, 0.15) is 28.8 Å². The highest BCUT2D eigenvalue weighted by molar-refractivity contribution is 7.16. The molecule has 2 aliphatic rings. The molecule has 204 valence electrons. The van der Waals surface area contributed by atoms with Gasteiger partial charge < -0.3 is 25.4 Å². The first kappa shape index (κ1) is 26.6. The van der Waals surface area contributed by atoms with Crippen molar-refractivity contribution in [2.45, 2.75) is 63.5 Å². The highest BCUT2D eigenvalue weighted by Crippen LogP contribution is 2.42. The van der Waals surface area contributed by atoms with E-state index in [2.05, 4.69) is 31.7 Å². The fraction of sp³-hybridized carbons (Fsp3) is 0.520. The lowest BCUT2D eigenvalue weighted by atomic mass is 9.86. The van der Waals surface area contributed by atoms with E-state index in [1.807, 2.05) is 6.08 Å². The fourth-order valence-corrected chi connectivity index (χ4v) is 6.36. The third-order valence-corrected chi connectivity index (χ3v) is 8.30. The van der Waals surface area contributed by atoms with Crippen molar-refractivity contribution in [3.05, 3.63) is 40.6 Å². The molecule has 0 radical (unpaired) electrons. The zero-order chi connectivity index (χ0) is 27.2. The van der Waals surface area contributed by atoms with E-state index >= 15 is 0 Å². The van der Waals surface area contributed by atoms with Crippen molar-refractivity contribution < 1.29 is 23.4 Å². The monoisotopic (exact) mass is 549 g/mol. The van der Waals surface area contributed by atoms with E-state index in [0.29, 0.717) is 40.7 Å². The number of aromatic nitrogens is 5. The van der Waals surface area contributed by atoms with Gasteiger partial charge in [0.2, 0.25) is 5.95 Å². The van der Waals surface area contributed by atoms with Gasteiger partial charge in [0.15, 0.2) is 0 Å². The molecule has 3 aromatic heterocycles. The van der Waals surface area contributed by atoms with E-state index in [1.165, 1.54) is 11.3 Å².